The van der Waals surface area contributed by atoms with Crippen molar-refractivity contribution in [2.24, 2.45) is 0 Å². The Balaban J connectivity index is 1.32. The molecule has 1 fully saturated rings. The lowest BCUT2D eigenvalue weighted by molar-refractivity contribution is -0.140. The zero-order valence-corrected chi connectivity index (χ0v) is 23.1. The second-order valence-corrected chi connectivity index (χ2v) is 10.3. The quantitative estimate of drug-likeness (QED) is 0.298. The van der Waals surface area contributed by atoms with Gasteiger partial charge in [0.05, 0.1) is 19.3 Å². The van der Waals surface area contributed by atoms with Crippen molar-refractivity contribution in [1.82, 2.24) is 25.1 Å². The topological polar surface area (TPSA) is 96.6 Å². The van der Waals surface area contributed by atoms with Gasteiger partial charge in [-0.25, -0.2) is 0 Å². The molecular formula is C31H36N6O3. The molecule has 208 valence electrons. The minimum Gasteiger partial charge on any atom is -0.506 e. The van der Waals surface area contributed by atoms with Crippen molar-refractivity contribution in [3.8, 4) is 17.1 Å². The van der Waals surface area contributed by atoms with Gasteiger partial charge in [0.15, 0.2) is 0 Å². The molecule has 2 heterocycles. The number of carbonyl (C=O) groups excluding carboxylic acids is 1. The lowest BCUT2D eigenvalue weighted by Gasteiger charge is -2.42. The van der Waals surface area contributed by atoms with Gasteiger partial charge in [-0.3, -0.25) is 9.69 Å². The molecule has 0 radical (unpaired) electrons. The molecule has 40 heavy (non-hydrogen) atoms. The highest BCUT2D eigenvalue weighted by atomic mass is 16.5. The van der Waals surface area contributed by atoms with E-state index in [4.69, 9.17) is 4.74 Å². The second-order valence-electron chi connectivity index (χ2n) is 10.3. The summed E-state index contributed by atoms with van der Waals surface area (Å²) in [7, 11) is 1.38. The van der Waals surface area contributed by atoms with Gasteiger partial charge in [0.1, 0.15) is 5.75 Å². The van der Waals surface area contributed by atoms with Crippen LogP contribution in [0.4, 0.5) is 5.69 Å². The van der Waals surface area contributed by atoms with E-state index in [1.54, 1.807) is 6.07 Å². The average Bonchev–Trinajstić information content (AvgIpc) is 3.43. The number of piperazine rings is 1. The molecule has 4 aromatic rings. The Bertz CT molecular complexity index is 1420. The number of hydrogen-bond acceptors (Lipinski definition) is 8. The number of methoxy groups -OCH3 is 1. The largest absolute Gasteiger partial charge is 0.506 e. The Labute approximate surface area is 235 Å². The predicted molar refractivity (Wildman–Crippen MR) is 154 cm³/mol. The van der Waals surface area contributed by atoms with Gasteiger partial charge in [-0.05, 0) is 41.3 Å². The molecule has 9 nitrogen and oxygen atoms in total. The highest BCUT2D eigenvalue weighted by Crippen LogP contribution is 2.36. The van der Waals surface area contributed by atoms with E-state index < -0.39 is 0 Å². The number of rotatable bonds is 10. The molecule has 1 atom stereocenters. The van der Waals surface area contributed by atoms with Gasteiger partial charge in [0.25, 0.3) is 0 Å². The van der Waals surface area contributed by atoms with Crippen molar-refractivity contribution in [3.05, 3.63) is 89.5 Å². The average molecular weight is 541 g/mol. The number of carbonyl (C=O) groups is 1. The van der Waals surface area contributed by atoms with Crippen molar-refractivity contribution < 1.29 is 14.6 Å². The van der Waals surface area contributed by atoms with Crippen LogP contribution in [-0.4, -0.2) is 69.0 Å². The summed E-state index contributed by atoms with van der Waals surface area (Å²) in [4.78, 5) is 17.7. The third-order valence-corrected chi connectivity index (χ3v) is 7.40. The van der Waals surface area contributed by atoms with E-state index in [9.17, 15) is 9.90 Å². The van der Waals surface area contributed by atoms with Crippen LogP contribution in [0.25, 0.3) is 11.4 Å². The van der Waals surface area contributed by atoms with Gasteiger partial charge in [0.2, 0.25) is 5.82 Å². The third-order valence-electron chi connectivity index (χ3n) is 7.40. The summed E-state index contributed by atoms with van der Waals surface area (Å²) in [6, 6.07) is 24.6. The standard InChI is InChI=1S/C31H36N6O3/c1-23-21-35(22-24-10-4-3-5-11-24)18-19-36(23)30-26(13-8-15-28(30)38)20-25-12-6-7-14-27(25)31-32-34-37(33-31)17-9-16-29(39)40-2/h3-8,10-15,23,38H,9,16-22H2,1-2H3/t23-/m0/s1. The third kappa shape index (κ3) is 6.48. The van der Waals surface area contributed by atoms with Crippen LogP contribution in [0.1, 0.15) is 36.5 Å². The summed E-state index contributed by atoms with van der Waals surface area (Å²) < 4.78 is 4.70. The summed E-state index contributed by atoms with van der Waals surface area (Å²) in [6.07, 6.45) is 1.50. The first kappa shape index (κ1) is 27.3. The Morgan fingerprint density at radius 1 is 1.00 bits per heavy atom. The molecule has 1 N–H and O–H groups in total. The van der Waals surface area contributed by atoms with Gasteiger partial charge < -0.3 is 14.7 Å². The van der Waals surface area contributed by atoms with Gasteiger partial charge >= 0.3 is 5.97 Å². The van der Waals surface area contributed by atoms with E-state index in [0.29, 0.717) is 37.4 Å². The first-order valence-corrected chi connectivity index (χ1v) is 13.8. The molecule has 0 unspecified atom stereocenters. The number of phenols is 1. The Morgan fingerprint density at radius 2 is 1.77 bits per heavy atom. The summed E-state index contributed by atoms with van der Waals surface area (Å²) in [5.74, 6) is 0.589. The Kier molecular flexibility index (Phi) is 8.71. The second kappa shape index (κ2) is 12.7. The molecule has 0 saturated carbocycles. The maximum absolute atomic E-state index is 11.4. The number of para-hydroxylation sites is 1. The van der Waals surface area contributed by atoms with Crippen LogP contribution < -0.4 is 4.90 Å². The number of benzene rings is 3. The van der Waals surface area contributed by atoms with Gasteiger partial charge in [-0.2, -0.15) is 4.80 Å². The van der Waals surface area contributed by atoms with Crippen molar-refractivity contribution in [3.63, 3.8) is 0 Å². The number of phenolic OH excluding ortho intramolecular Hbond substituents is 1. The minimum absolute atomic E-state index is 0.242. The normalized spacial score (nSPS) is 15.8. The number of anilines is 1. The number of tetrazole rings is 1. The van der Waals surface area contributed by atoms with E-state index in [2.05, 4.69) is 68.5 Å². The van der Waals surface area contributed by atoms with Crippen LogP contribution in [0.2, 0.25) is 0 Å². The predicted octanol–water partition coefficient (Wildman–Crippen LogP) is 4.30. The molecule has 1 aliphatic rings. The van der Waals surface area contributed by atoms with Crippen molar-refractivity contribution in [2.45, 2.75) is 45.3 Å². The number of nitrogens with zero attached hydrogens (tertiary/aromatic N) is 6. The van der Waals surface area contributed by atoms with E-state index in [1.807, 2.05) is 30.3 Å². The zero-order chi connectivity index (χ0) is 27.9. The molecule has 0 spiro atoms. The fourth-order valence-electron chi connectivity index (χ4n) is 5.41. The molecule has 9 heteroatoms. The molecule has 0 amide bonds. The smallest absolute Gasteiger partial charge is 0.305 e. The van der Waals surface area contributed by atoms with E-state index in [-0.39, 0.29) is 12.0 Å². The highest BCUT2D eigenvalue weighted by Gasteiger charge is 2.27. The summed E-state index contributed by atoms with van der Waals surface area (Å²) >= 11 is 0. The minimum atomic E-state index is -0.250. The van der Waals surface area contributed by atoms with Crippen LogP contribution in [-0.2, 0) is 29.0 Å². The molecule has 5 rings (SSSR count). The molecule has 3 aromatic carbocycles. The number of ether oxygens (including phenoxy) is 1. The fourth-order valence-corrected chi connectivity index (χ4v) is 5.41. The molecule has 1 aromatic heterocycles. The molecular weight excluding hydrogens is 504 g/mol. The fraction of sp³-hybridized carbons (Fsp3) is 0.355. The van der Waals surface area contributed by atoms with E-state index in [0.717, 1.165) is 48.6 Å². The van der Waals surface area contributed by atoms with Crippen molar-refractivity contribution in [1.29, 1.82) is 0 Å². The molecule has 0 bridgehead atoms. The van der Waals surface area contributed by atoms with Crippen LogP contribution in [0.5, 0.6) is 5.75 Å². The van der Waals surface area contributed by atoms with Gasteiger partial charge in [-0.1, -0.05) is 66.7 Å². The van der Waals surface area contributed by atoms with Crippen LogP contribution >= 0.6 is 0 Å². The van der Waals surface area contributed by atoms with Gasteiger partial charge in [-0.15, -0.1) is 10.2 Å². The lowest BCUT2D eigenvalue weighted by Crippen LogP contribution is -2.51. The first-order chi connectivity index (χ1) is 19.5. The number of aromatic nitrogens is 4. The van der Waals surface area contributed by atoms with E-state index in [1.165, 1.54) is 17.5 Å². The Morgan fingerprint density at radius 3 is 2.58 bits per heavy atom. The van der Waals surface area contributed by atoms with Crippen LogP contribution in [0.3, 0.4) is 0 Å². The number of hydrogen-bond donors (Lipinski definition) is 1. The highest BCUT2D eigenvalue weighted by molar-refractivity contribution is 5.69. The SMILES string of the molecule is COC(=O)CCCn1nnc(-c2ccccc2Cc2cccc(O)c2N2CCN(Cc3ccccc3)C[C@@H]2C)n1. The maximum Gasteiger partial charge on any atom is 0.305 e. The molecule has 0 aliphatic carbocycles. The Hall–Kier alpha value is -4.24. The summed E-state index contributed by atoms with van der Waals surface area (Å²) in [6.45, 7) is 6.31. The number of esters is 1. The maximum atomic E-state index is 11.4. The lowest BCUT2D eigenvalue weighted by atomic mass is 9.96. The number of aryl methyl sites for hydroxylation is 1. The molecule has 1 aliphatic heterocycles. The van der Waals surface area contributed by atoms with Crippen LogP contribution in [0.15, 0.2) is 72.8 Å². The first-order valence-electron chi connectivity index (χ1n) is 13.8. The van der Waals surface area contributed by atoms with Crippen LogP contribution in [0, 0.1) is 0 Å². The molecule has 1 saturated heterocycles. The number of aromatic hydroxyl groups is 1. The zero-order valence-electron chi connectivity index (χ0n) is 23.1. The summed E-state index contributed by atoms with van der Waals surface area (Å²) in [5, 5.41) is 24.1. The monoisotopic (exact) mass is 540 g/mol. The summed E-state index contributed by atoms with van der Waals surface area (Å²) in [5.41, 5.74) is 5.22. The van der Waals surface area contributed by atoms with Crippen molar-refractivity contribution in [2.75, 3.05) is 31.6 Å². The van der Waals surface area contributed by atoms with E-state index >= 15 is 0 Å². The van der Waals surface area contributed by atoms with Crippen molar-refractivity contribution >= 4 is 11.7 Å². The van der Waals surface area contributed by atoms with Gasteiger partial charge in [0, 0.05) is 50.6 Å².